The summed E-state index contributed by atoms with van der Waals surface area (Å²) in [5.74, 6) is -1.57. The third-order valence-electron chi connectivity index (χ3n) is 4.06. The first-order valence-electron chi connectivity index (χ1n) is 8.11. The monoisotopic (exact) mass is 377 g/mol. The summed E-state index contributed by atoms with van der Waals surface area (Å²) in [5, 5.41) is 2.96. The summed E-state index contributed by atoms with van der Waals surface area (Å²) in [6, 6.07) is 11.0. The maximum atomic E-state index is 13.6. The third-order valence-corrected chi connectivity index (χ3v) is 4.29. The zero-order valence-corrected chi connectivity index (χ0v) is 14.8. The van der Waals surface area contributed by atoms with Crippen LogP contribution in [0.15, 0.2) is 42.5 Å². The Balaban J connectivity index is 1.59. The van der Waals surface area contributed by atoms with E-state index in [1.807, 2.05) is 0 Å². The zero-order chi connectivity index (χ0) is 18.7. The van der Waals surface area contributed by atoms with Gasteiger partial charge >= 0.3 is 5.97 Å². The van der Waals surface area contributed by atoms with E-state index < -0.39 is 29.7 Å². The SMILES string of the molecule is CC(OC(=O)C1COc2ccc(Cl)cc2C1)C(=O)Nc1ccccc1F. The smallest absolute Gasteiger partial charge is 0.313 e. The van der Waals surface area contributed by atoms with Gasteiger partial charge in [0.2, 0.25) is 0 Å². The second kappa shape index (κ2) is 7.74. The molecule has 0 fully saturated rings. The van der Waals surface area contributed by atoms with E-state index in [0.717, 1.165) is 5.56 Å². The van der Waals surface area contributed by atoms with Crippen LogP contribution in [0.3, 0.4) is 0 Å². The van der Waals surface area contributed by atoms with E-state index in [-0.39, 0.29) is 12.3 Å². The minimum absolute atomic E-state index is 0.0324. The Labute approximate surface area is 155 Å². The number of nitrogens with one attached hydrogen (secondary N) is 1. The first kappa shape index (κ1) is 18.2. The molecule has 7 heteroatoms. The number of amides is 1. The molecule has 0 spiro atoms. The minimum Gasteiger partial charge on any atom is -0.492 e. The van der Waals surface area contributed by atoms with Gasteiger partial charge in [-0.3, -0.25) is 9.59 Å². The van der Waals surface area contributed by atoms with Crippen molar-refractivity contribution in [3.8, 4) is 5.75 Å². The van der Waals surface area contributed by atoms with E-state index in [1.54, 1.807) is 24.3 Å². The number of ether oxygens (including phenoxy) is 2. The van der Waals surface area contributed by atoms with Crippen molar-refractivity contribution in [3.63, 3.8) is 0 Å². The Hall–Kier alpha value is -2.60. The van der Waals surface area contributed by atoms with Crippen LogP contribution in [0.5, 0.6) is 5.75 Å². The summed E-state index contributed by atoms with van der Waals surface area (Å²) in [6.45, 7) is 1.59. The fourth-order valence-electron chi connectivity index (χ4n) is 2.64. The quantitative estimate of drug-likeness (QED) is 0.827. The molecule has 1 aliphatic heterocycles. The van der Waals surface area contributed by atoms with Gasteiger partial charge in [-0.25, -0.2) is 4.39 Å². The van der Waals surface area contributed by atoms with Crippen molar-refractivity contribution in [2.75, 3.05) is 11.9 Å². The summed E-state index contributed by atoms with van der Waals surface area (Å²) in [7, 11) is 0. The number of fused-ring (bicyclic) bond motifs is 1. The predicted octanol–water partition coefficient (Wildman–Crippen LogP) is 3.60. The first-order chi connectivity index (χ1) is 12.4. The highest BCUT2D eigenvalue weighted by molar-refractivity contribution is 6.30. The van der Waals surface area contributed by atoms with Gasteiger partial charge in [-0.1, -0.05) is 23.7 Å². The number of carbonyl (C=O) groups is 2. The number of carbonyl (C=O) groups excluding carboxylic acids is 2. The van der Waals surface area contributed by atoms with Gasteiger partial charge in [0.05, 0.1) is 11.6 Å². The Morgan fingerprint density at radius 2 is 2.08 bits per heavy atom. The Morgan fingerprint density at radius 1 is 1.31 bits per heavy atom. The molecule has 0 aromatic heterocycles. The van der Waals surface area contributed by atoms with Crippen molar-refractivity contribution in [3.05, 3.63) is 58.9 Å². The van der Waals surface area contributed by atoms with E-state index in [2.05, 4.69) is 5.32 Å². The molecule has 0 saturated carbocycles. The lowest BCUT2D eigenvalue weighted by Gasteiger charge is -2.25. The topological polar surface area (TPSA) is 64.6 Å². The number of hydrogen-bond donors (Lipinski definition) is 1. The molecule has 2 atom stereocenters. The largest absolute Gasteiger partial charge is 0.492 e. The van der Waals surface area contributed by atoms with Gasteiger partial charge in [0, 0.05) is 5.02 Å². The molecular formula is C19H17ClFNO4. The van der Waals surface area contributed by atoms with Crippen molar-refractivity contribution in [1.29, 1.82) is 0 Å². The van der Waals surface area contributed by atoms with Crippen LogP contribution in [0.2, 0.25) is 5.02 Å². The molecule has 0 radical (unpaired) electrons. The fourth-order valence-corrected chi connectivity index (χ4v) is 2.83. The van der Waals surface area contributed by atoms with Crippen LogP contribution in [-0.4, -0.2) is 24.6 Å². The number of halogens is 2. The van der Waals surface area contributed by atoms with Crippen molar-refractivity contribution in [2.24, 2.45) is 5.92 Å². The number of anilines is 1. The van der Waals surface area contributed by atoms with Crippen LogP contribution < -0.4 is 10.1 Å². The first-order valence-corrected chi connectivity index (χ1v) is 8.49. The molecule has 2 aromatic rings. The molecule has 0 saturated heterocycles. The maximum absolute atomic E-state index is 13.6. The number of rotatable bonds is 4. The predicted molar refractivity (Wildman–Crippen MR) is 94.7 cm³/mol. The van der Waals surface area contributed by atoms with E-state index in [0.29, 0.717) is 17.2 Å². The molecular weight excluding hydrogens is 361 g/mol. The van der Waals surface area contributed by atoms with Crippen molar-refractivity contribution < 1.29 is 23.5 Å². The highest BCUT2D eigenvalue weighted by Crippen LogP contribution is 2.30. The molecule has 1 heterocycles. The second-order valence-corrected chi connectivity index (χ2v) is 6.45. The van der Waals surface area contributed by atoms with Gasteiger partial charge in [-0.2, -0.15) is 0 Å². The molecule has 5 nitrogen and oxygen atoms in total. The number of esters is 1. The maximum Gasteiger partial charge on any atom is 0.313 e. The lowest BCUT2D eigenvalue weighted by Crippen LogP contribution is -2.36. The molecule has 2 unspecified atom stereocenters. The lowest BCUT2D eigenvalue weighted by molar-refractivity contribution is -0.158. The zero-order valence-electron chi connectivity index (χ0n) is 14.0. The number of benzene rings is 2. The van der Waals surface area contributed by atoms with Crippen LogP contribution in [0.4, 0.5) is 10.1 Å². The molecule has 1 N–H and O–H groups in total. The summed E-state index contributed by atoms with van der Waals surface area (Å²) in [6.07, 6.45) is -0.654. The van der Waals surface area contributed by atoms with Gasteiger partial charge in [-0.05, 0) is 49.2 Å². The highest BCUT2D eigenvalue weighted by atomic mass is 35.5. The van der Waals surface area contributed by atoms with Crippen LogP contribution in [0, 0.1) is 11.7 Å². The minimum atomic E-state index is -1.07. The van der Waals surface area contributed by atoms with Crippen LogP contribution in [-0.2, 0) is 20.7 Å². The van der Waals surface area contributed by atoms with Gasteiger partial charge in [0.15, 0.2) is 6.10 Å². The Kier molecular flexibility index (Phi) is 5.42. The highest BCUT2D eigenvalue weighted by Gasteiger charge is 2.30. The van der Waals surface area contributed by atoms with E-state index in [9.17, 15) is 14.0 Å². The summed E-state index contributed by atoms with van der Waals surface area (Å²) >= 11 is 5.96. The molecule has 1 aliphatic rings. The van der Waals surface area contributed by atoms with E-state index in [4.69, 9.17) is 21.1 Å². The average molecular weight is 378 g/mol. The Bertz CT molecular complexity index is 842. The number of para-hydroxylation sites is 1. The normalized spacial score (nSPS) is 16.8. The van der Waals surface area contributed by atoms with Crippen LogP contribution >= 0.6 is 11.6 Å². The second-order valence-electron chi connectivity index (χ2n) is 6.01. The summed E-state index contributed by atoms with van der Waals surface area (Å²) < 4.78 is 24.4. The van der Waals surface area contributed by atoms with Crippen molar-refractivity contribution >= 4 is 29.2 Å². The van der Waals surface area contributed by atoms with Crippen molar-refractivity contribution in [1.82, 2.24) is 0 Å². The molecule has 136 valence electrons. The molecule has 0 aliphatic carbocycles. The summed E-state index contributed by atoms with van der Waals surface area (Å²) in [4.78, 5) is 24.5. The lowest BCUT2D eigenvalue weighted by atomic mass is 9.97. The van der Waals surface area contributed by atoms with E-state index in [1.165, 1.54) is 25.1 Å². The van der Waals surface area contributed by atoms with Gasteiger partial charge in [0.25, 0.3) is 5.91 Å². The standard InChI is InChI=1S/C19H17ClFNO4/c1-11(18(23)22-16-5-3-2-4-15(16)21)26-19(24)13-8-12-9-14(20)6-7-17(12)25-10-13/h2-7,9,11,13H,8,10H2,1H3,(H,22,23). The summed E-state index contributed by atoms with van der Waals surface area (Å²) in [5.41, 5.74) is 0.846. The van der Waals surface area contributed by atoms with E-state index >= 15 is 0 Å². The van der Waals surface area contributed by atoms with Gasteiger partial charge < -0.3 is 14.8 Å². The van der Waals surface area contributed by atoms with Crippen molar-refractivity contribution in [2.45, 2.75) is 19.4 Å². The molecule has 0 bridgehead atoms. The molecule has 2 aromatic carbocycles. The van der Waals surface area contributed by atoms with Gasteiger partial charge in [0.1, 0.15) is 18.2 Å². The Morgan fingerprint density at radius 3 is 2.85 bits per heavy atom. The third kappa shape index (κ3) is 4.14. The number of hydrogen-bond acceptors (Lipinski definition) is 4. The average Bonchev–Trinajstić information content (AvgIpc) is 2.62. The van der Waals surface area contributed by atoms with Crippen LogP contribution in [0.25, 0.3) is 0 Å². The molecule has 3 rings (SSSR count). The van der Waals surface area contributed by atoms with Gasteiger partial charge in [-0.15, -0.1) is 0 Å². The van der Waals surface area contributed by atoms with Crippen LogP contribution in [0.1, 0.15) is 12.5 Å². The fraction of sp³-hybridized carbons (Fsp3) is 0.263. The molecule has 26 heavy (non-hydrogen) atoms. The molecule has 1 amide bonds.